The molecule has 5 nitrogen and oxygen atoms in total. The van der Waals surface area contributed by atoms with Crippen LogP contribution in [0.2, 0.25) is 0 Å². The number of benzene rings is 1. The number of hydrogen-bond donors (Lipinski definition) is 2. The van der Waals surface area contributed by atoms with Crippen molar-refractivity contribution in [1.29, 1.82) is 0 Å². The highest BCUT2D eigenvalue weighted by atomic mass is 15.3. The minimum Gasteiger partial charge on any atom is -0.369 e. The molecule has 0 aromatic heterocycles. The topological polar surface area (TPSA) is 42.9 Å². The molecule has 1 atom stereocenters. The molecule has 2 rings (SSSR count). The molecule has 0 amide bonds. The molecule has 1 aromatic rings. The van der Waals surface area contributed by atoms with Crippen molar-refractivity contribution in [3.05, 3.63) is 30.3 Å². The molecule has 1 saturated heterocycles. The highest BCUT2D eigenvalue weighted by Crippen LogP contribution is 2.15. The molecule has 26 heavy (non-hydrogen) atoms. The van der Waals surface area contributed by atoms with Crippen molar-refractivity contribution in [2.75, 3.05) is 50.7 Å². The fourth-order valence-corrected chi connectivity index (χ4v) is 3.16. The van der Waals surface area contributed by atoms with Crippen LogP contribution < -0.4 is 15.5 Å². The number of nitrogens with one attached hydrogen (secondary N) is 2. The first-order chi connectivity index (χ1) is 12.7. The molecular weight excluding hydrogens is 322 g/mol. The number of unbranched alkanes of at least 4 members (excludes halogenated alkanes) is 1. The van der Waals surface area contributed by atoms with Crippen molar-refractivity contribution in [3.63, 3.8) is 0 Å². The van der Waals surface area contributed by atoms with Crippen LogP contribution in [0.1, 0.15) is 40.0 Å². The zero-order valence-electron chi connectivity index (χ0n) is 16.9. The minimum absolute atomic E-state index is 0.466. The van der Waals surface area contributed by atoms with Crippen LogP contribution in [0, 0.1) is 0 Å². The maximum atomic E-state index is 4.70. The van der Waals surface area contributed by atoms with Gasteiger partial charge >= 0.3 is 0 Å². The van der Waals surface area contributed by atoms with Gasteiger partial charge in [0.25, 0.3) is 0 Å². The van der Waals surface area contributed by atoms with Crippen LogP contribution >= 0.6 is 0 Å². The number of piperazine rings is 1. The van der Waals surface area contributed by atoms with E-state index in [1.54, 1.807) is 0 Å². The van der Waals surface area contributed by atoms with Gasteiger partial charge in [-0.2, -0.15) is 0 Å². The summed E-state index contributed by atoms with van der Waals surface area (Å²) in [5.74, 6) is 0.957. The van der Waals surface area contributed by atoms with Gasteiger partial charge in [-0.1, -0.05) is 25.1 Å². The lowest BCUT2D eigenvalue weighted by Crippen LogP contribution is -2.46. The van der Waals surface area contributed by atoms with E-state index in [-0.39, 0.29) is 0 Å². The van der Waals surface area contributed by atoms with Crippen LogP contribution in [-0.2, 0) is 0 Å². The minimum atomic E-state index is 0.466. The maximum absolute atomic E-state index is 4.70. The summed E-state index contributed by atoms with van der Waals surface area (Å²) >= 11 is 0. The zero-order valence-corrected chi connectivity index (χ0v) is 16.9. The highest BCUT2D eigenvalue weighted by molar-refractivity contribution is 5.79. The lowest BCUT2D eigenvalue weighted by atomic mass is 10.2. The predicted molar refractivity (Wildman–Crippen MR) is 113 cm³/mol. The highest BCUT2D eigenvalue weighted by Gasteiger charge is 2.16. The van der Waals surface area contributed by atoms with Gasteiger partial charge in [-0.25, -0.2) is 0 Å². The lowest BCUT2D eigenvalue weighted by Gasteiger charge is -2.36. The number of aliphatic imine (C=N–C) groups is 1. The number of hydrogen-bond acceptors (Lipinski definition) is 3. The molecule has 1 fully saturated rings. The Hall–Kier alpha value is -1.75. The third-order valence-corrected chi connectivity index (χ3v) is 4.99. The second kappa shape index (κ2) is 11.8. The van der Waals surface area contributed by atoms with E-state index in [4.69, 9.17) is 4.99 Å². The summed E-state index contributed by atoms with van der Waals surface area (Å²) < 4.78 is 0. The van der Waals surface area contributed by atoms with Gasteiger partial charge in [-0.3, -0.25) is 9.89 Å². The van der Waals surface area contributed by atoms with Crippen LogP contribution in [-0.4, -0.2) is 62.7 Å². The van der Waals surface area contributed by atoms with E-state index >= 15 is 0 Å². The SMILES string of the molecule is CCNC(=NCCCCN1CCN(c2ccccc2)CC1)NC(C)CC. The van der Waals surface area contributed by atoms with E-state index in [9.17, 15) is 0 Å². The fourth-order valence-electron chi connectivity index (χ4n) is 3.16. The molecule has 1 unspecified atom stereocenters. The Bertz CT molecular complexity index is 508. The number of anilines is 1. The van der Waals surface area contributed by atoms with Gasteiger partial charge in [-0.05, 0) is 51.8 Å². The third-order valence-electron chi connectivity index (χ3n) is 4.99. The molecule has 1 aromatic carbocycles. The first-order valence-electron chi connectivity index (χ1n) is 10.3. The average Bonchev–Trinajstić information content (AvgIpc) is 2.69. The maximum Gasteiger partial charge on any atom is 0.191 e. The van der Waals surface area contributed by atoms with E-state index in [2.05, 4.69) is 71.5 Å². The van der Waals surface area contributed by atoms with Gasteiger partial charge in [0.05, 0.1) is 0 Å². The van der Waals surface area contributed by atoms with Gasteiger partial charge in [0, 0.05) is 51.0 Å². The Morgan fingerprint density at radius 1 is 1.08 bits per heavy atom. The Labute approximate surface area is 159 Å². The van der Waals surface area contributed by atoms with Gasteiger partial charge in [0.1, 0.15) is 0 Å². The number of para-hydroxylation sites is 1. The summed E-state index contributed by atoms with van der Waals surface area (Å²) in [7, 11) is 0. The second-order valence-electron chi connectivity index (χ2n) is 7.09. The summed E-state index contributed by atoms with van der Waals surface area (Å²) in [5, 5.41) is 6.78. The van der Waals surface area contributed by atoms with Crippen molar-refractivity contribution < 1.29 is 0 Å². The number of rotatable bonds is 9. The van der Waals surface area contributed by atoms with Crippen molar-refractivity contribution >= 4 is 11.6 Å². The molecular formula is C21H37N5. The third kappa shape index (κ3) is 7.24. The monoisotopic (exact) mass is 359 g/mol. The molecule has 1 heterocycles. The molecule has 0 bridgehead atoms. The standard InChI is InChI=1S/C21H37N5/c1-4-19(3)24-21(22-5-2)23-13-9-10-14-25-15-17-26(18-16-25)20-11-7-6-8-12-20/h6-8,11-12,19H,4-5,9-10,13-18H2,1-3H3,(H2,22,23,24). The quantitative estimate of drug-likeness (QED) is 0.404. The summed E-state index contributed by atoms with van der Waals surface area (Å²) in [5.41, 5.74) is 1.35. The Kier molecular flexibility index (Phi) is 9.32. The Morgan fingerprint density at radius 3 is 2.46 bits per heavy atom. The molecule has 0 aliphatic carbocycles. The van der Waals surface area contributed by atoms with E-state index in [0.29, 0.717) is 6.04 Å². The van der Waals surface area contributed by atoms with Crippen LogP contribution in [0.3, 0.4) is 0 Å². The lowest BCUT2D eigenvalue weighted by molar-refractivity contribution is 0.253. The summed E-state index contributed by atoms with van der Waals surface area (Å²) in [4.78, 5) is 9.78. The smallest absolute Gasteiger partial charge is 0.191 e. The largest absolute Gasteiger partial charge is 0.369 e. The van der Waals surface area contributed by atoms with Gasteiger partial charge < -0.3 is 15.5 Å². The first kappa shape index (κ1) is 20.6. The van der Waals surface area contributed by atoms with Crippen LogP contribution in [0.4, 0.5) is 5.69 Å². The van der Waals surface area contributed by atoms with Crippen molar-refractivity contribution in [2.24, 2.45) is 4.99 Å². The van der Waals surface area contributed by atoms with E-state index in [0.717, 1.165) is 58.1 Å². The van der Waals surface area contributed by atoms with Crippen LogP contribution in [0.15, 0.2) is 35.3 Å². The molecule has 0 saturated carbocycles. The molecule has 2 N–H and O–H groups in total. The number of nitrogens with zero attached hydrogens (tertiary/aromatic N) is 3. The molecule has 0 spiro atoms. The molecule has 0 radical (unpaired) electrons. The first-order valence-corrected chi connectivity index (χ1v) is 10.3. The van der Waals surface area contributed by atoms with Crippen molar-refractivity contribution in [2.45, 2.75) is 46.1 Å². The second-order valence-corrected chi connectivity index (χ2v) is 7.09. The van der Waals surface area contributed by atoms with Gasteiger partial charge in [0.15, 0.2) is 5.96 Å². The Morgan fingerprint density at radius 2 is 1.81 bits per heavy atom. The normalized spacial score (nSPS) is 17.2. The molecule has 1 aliphatic rings. The molecule has 1 aliphatic heterocycles. The van der Waals surface area contributed by atoms with E-state index < -0.39 is 0 Å². The average molecular weight is 360 g/mol. The number of guanidine groups is 1. The van der Waals surface area contributed by atoms with Crippen molar-refractivity contribution in [1.82, 2.24) is 15.5 Å². The van der Waals surface area contributed by atoms with Crippen molar-refractivity contribution in [3.8, 4) is 0 Å². The predicted octanol–water partition coefficient (Wildman–Crippen LogP) is 2.94. The summed E-state index contributed by atoms with van der Waals surface area (Å²) in [6.07, 6.45) is 3.48. The summed E-state index contributed by atoms with van der Waals surface area (Å²) in [6, 6.07) is 11.2. The zero-order chi connectivity index (χ0) is 18.6. The van der Waals surface area contributed by atoms with E-state index in [1.807, 2.05) is 0 Å². The Balaban J connectivity index is 1.62. The van der Waals surface area contributed by atoms with Gasteiger partial charge in [-0.15, -0.1) is 0 Å². The molecule has 146 valence electrons. The van der Waals surface area contributed by atoms with Gasteiger partial charge in [0.2, 0.25) is 0 Å². The summed E-state index contributed by atoms with van der Waals surface area (Å²) in [6.45, 7) is 14.1. The fraction of sp³-hybridized carbons (Fsp3) is 0.667. The van der Waals surface area contributed by atoms with Crippen LogP contribution in [0.25, 0.3) is 0 Å². The molecule has 5 heteroatoms. The van der Waals surface area contributed by atoms with Crippen LogP contribution in [0.5, 0.6) is 0 Å². The van der Waals surface area contributed by atoms with E-state index in [1.165, 1.54) is 18.7 Å².